The molecule has 1 N–H and O–H groups in total. The van der Waals surface area contributed by atoms with Crippen LogP contribution in [0.25, 0.3) is 0 Å². The minimum absolute atomic E-state index is 0.131. The van der Waals surface area contributed by atoms with Crippen molar-refractivity contribution in [3.63, 3.8) is 0 Å². The van der Waals surface area contributed by atoms with Crippen LogP contribution in [0.4, 0.5) is 4.39 Å². The molecule has 0 amide bonds. The summed E-state index contributed by atoms with van der Waals surface area (Å²) in [5, 5.41) is -0.508. The third kappa shape index (κ3) is 2.50. The standard InChI is InChI=1S/C12H16FN3O2S/c13-10-2-1-5-14-12(10)19(17,18)15-11-8-16-6-3-9(11)4-7-16/h1-2,5,9,11,15H,3-4,6-8H2. The van der Waals surface area contributed by atoms with E-state index in [1.165, 1.54) is 12.3 Å². The van der Waals surface area contributed by atoms with Gasteiger partial charge in [-0.1, -0.05) is 0 Å². The molecule has 0 spiro atoms. The summed E-state index contributed by atoms with van der Waals surface area (Å²) in [6.07, 6.45) is 3.28. The van der Waals surface area contributed by atoms with Crippen molar-refractivity contribution < 1.29 is 12.8 Å². The summed E-state index contributed by atoms with van der Waals surface area (Å²) < 4.78 is 40.5. The lowest BCUT2D eigenvalue weighted by atomic mass is 9.85. The van der Waals surface area contributed by atoms with Crippen molar-refractivity contribution in [2.75, 3.05) is 19.6 Å². The van der Waals surface area contributed by atoms with E-state index >= 15 is 0 Å². The van der Waals surface area contributed by atoms with Gasteiger partial charge in [-0.3, -0.25) is 0 Å². The van der Waals surface area contributed by atoms with Gasteiger partial charge in [-0.2, -0.15) is 0 Å². The molecule has 1 aromatic heterocycles. The largest absolute Gasteiger partial charge is 0.302 e. The highest BCUT2D eigenvalue weighted by molar-refractivity contribution is 7.89. The molecule has 4 rings (SSSR count). The number of piperidine rings is 3. The second kappa shape index (κ2) is 4.81. The Kier molecular flexibility index (Phi) is 3.28. The molecule has 1 aromatic rings. The van der Waals surface area contributed by atoms with Gasteiger partial charge in [0.25, 0.3) is 10.0 Å². The average Bonchev–Trinajstić information content (AvgIpc) is 2.40. The number of pyridine rings is 1. The lowest BCUT2D eigenvalue weighted by Gasteiger charge is -2.44. The fourth-order valence-corrected chi connectivity index (χ4v) is 4.22. The van der Waals surface area contributed by atoms with E-state index in [0.29, 0.717) is 12.5 Å². The molecule has 0 saturated carbocycles. The first-order valence-corrected chi connectivity index (χ1v) is 7.90. The van der Waals surface area contributed by atoms with Gasteiger partial charge in [0.15, 0.2) is 5.82 Å². The molecule has 7 heteroatoms. The van der Waals surface area contributed by atoms with Crippen molar-refractivity contribution in [1.29, 1.82) is 0 Å². The molecule has 0 aromatic carbocycles. The molecule has 0 aliphatic carbocycles. The average molecular weight is 285 g/mol. The first-order valence-electron chi connectivity index (χ1n) is 6.41. The maximum absolute atomic E-state index is 13.5. The number of halogens is 1. The van der Waals surface area contributed by atoms with Crippen LogP contribution < -0.4 is 4.72 Å². The Labute approximate surface area is 111 Å². The van der Waals surface area contributed by atoms with Crippen LogP contribution in [-0.2, 0) is 10.0 Å². The van der Waals surface area contributed by atoms with Crippen LogP contribution in [0.15, 0.2) is 23.4 Å². The SMILES string of the molecule is O=S(=O)(NC1CN2CCC1CC2)c1ncccc1F. The highest BCUT2D eigenvalue weighted by atomic mass is 32.2. The van der Waals surface area contributed by atoms with Crippen LogP contribution in [0.3, 0.4) is 0 Å². The number of nitrogens with one attached hydrogen (secondary N) is 1. The van der Waals surface area contributed by atoms with Crippen molar-refractivity contribution in [1.82, 2.24) is 14.6 Å². The van der Waals surface area contributed by atoms with E-state index in [2.05, 4.69) is 14.6 Å². The number of hydrogen-bond donors (Lipinski definition) is 1. The van der Waals surface area contributed by atoms with Gasteiger partial charge in [-0.15, -0.1) is 0 Å². The number of rotatable bonds is 3. The fraction of sp³-hybridized carbons (Fsp3) is 0.583. The molecule has 4 heterocycles. The summed E-state index contributed by atoms with van der Waals surface area (Å²) >= 11 is 0. The second-order valence-corrected chi connectivity index (χ2v) is 6.79. The monoisotopic (exact) mass is 285 g/mol. The zero-order chi connectivity index (χ0) is 13.5. The quantitative estimate of drug-likeness (QED) is 0.883. The molecule has 19 heavy (non-hydrogen) atoms. The molecule has 104 valence electrons. The van der Waals surface area contributed by atoms with Gasteiger partial charge < -0.3 is 4.90 Å². The fourth-order valence-electron chi connectivity index (χ4n) is 2.92. The van der Waals surface area contributed by atoms with Crippen LogP contribution in [0.1, 0.15) is 12.8 Å². The number of fused-ring (bicyclic) bond motifs is 3. The summed E-state index contributed by atoms with van der Waals surface area (Å²) in [5.74, 6) is -0.456. The van der Waals surface area contributed by atoms with Crippen LogP contribution in [0.2, 0.25) is 0 Å². The summed E-state index contributed by atoms with van der Waals surface area (Å²) in [5.41, 5.74) is 0. The molecule has 3 aliphatic heterocycles. The lowest BCUT2D eigenvalue weighted by Crippen LogP contribution is -2.57. The lowest BCUT2D eigenvalue weighted by molar-refractivity contribution is 0.0826. The van der Waals surface area contributed by atoms with E-state index in [1.54, 1.807) is 0 Å². The van der Waals surface area contributed by atoms with Gasteiger partial charge >= 0.3 is 0 Å². The summed E-state index contributed by atoms with van der Waals surface area (Å²) in [7, 11) is -3.88. The molecule has 2 bridgehead atoms. The van der Waals surface area contributed by atoms with Gasteiger partial charge in [0.1, 0.15) is 0 Å². The molecular weight excluding hydrogens is 269 g/mol. The van der Waals surface area contributed by atoms with Gasteiger partial charge in [0.05, 0.1) is 0 Å². The predicted octanol–water partition coefficient (Wildman–Crippen LogP) is 0.593. The van der Waals surface area contributed by atoms with Crippen molar-refractivity contribution in [3.8, 4) is 0 Å². The summed E-state index contributed by atoms with van der Waals surface area (Å²) in [6.45, 7) is 2.76. The Morgan fingerprint density at radius 1 is 1.37 bits per heavy atom. The van der Waals surface area contributed by atoms with E-state index in [9.17, 15) is 12.8 Å². The van der Waals surface area contributed by atoms with Crippen LogP contribution in [-0.4, -0.2) is 44.0 Å². The smallest absolute Gasteiger partial charge is 0.261 e. The molecule has 0 radical (unpaired) electrons. The van der Waals surface area contributed by atoms with E-state index in [0.717, 1.165) is 32.0 Å². The normalized spacial score (nSPS) is 30.5. The molecule has 1 atom stereocenters. The third-order valence-corrected chi connectivity index (χ3v) is 5.36. The van der Waals surface area contributed by atoms with E-state index in [1.807, 2.05) is 0 Å². The van der Waals surface area contributed by atoms with E-state index < -0.39 is 20.9 Å². The van der Waals surface area contributed by atoms with Crippen molar-refractivity contribution in [2.24, 2.45) is 5.92 Å². The maximum atomic E-state index is 13.5. The maximum Gasteiger partial charge on any atom is 0.261 e. The van der Waals surface area contributed by atoms with E-state index in [-0.39, 0.29) is 6.04 Å². The predicted molar refractivity (Wildman–Crippen MR) is 67.5 cm³/mol. The highest BCUT2D eigenvalue weighted by Gasteiger charge is 2.37. The number of sulfonamides is 1. The number of nitrogens with zero attached hydrogens (tertiary/aromatic N) is 2. The Bertz CT molecular complexity index is 570. The van der Waals surface area contributed by atoms with Crippen LogP contribution in [0, 0.1) is 11.7 Å². The highest BCUT2D eigenvalue weighted by Crippen LogP contribution is 2.28. The van der Waals surface area contributed by atoms with Crippen LogP contribution >= 0.6 is 0 Å². The van der Waals surface area contributed by atoms with Gasteiger partial charge in [-0.05, 0) is 44.0 Å². The summed E-state index contributed by atoms with van der Waals surface area (Å²) in [6, 6.07) is 2.36. The van der Waals surface area contributed by atoms with E-state index in [4.69, 9.17) is 0 Å². The minimum atomic E-state index is -3.88. The first-order chi connectivity index (χ1) is 9.06. The van der Waals surface area contributed by atoms with Gasteiger partial charge in [0, 0.05) is 18.8 Å². The Balaban J connectivity index is 1.81. The zero-order valence-electron chi connectivity index (χ0n) is 10.4. The summed E-state index contributed by atoms with van der Waals surface area (Å²) in [4.78, 5) is 5.88. The third-order valence-electron chi connectivity index (χ3n) is 3.94. The molecule has 3 aliphatic rings. The Morgan fingerprint density at radius 3 is 2.68 bits per heavy atom. The van der Waals surface area contributed by atoms with Gasteiger partial charge in [-0.25, -0.2) is 22.5 Å². The number of aromatic nitrogens is 1. The van der Waals surface area contributed by atoms with Crippen molar-refractivity contribution >= 4 is 10.0 Å². The topological polar surface area (TPSA) is 62.3 Å². The second-order valence-electron chi connectivity index (χ2n) is 5.16. The Morgan fingerprint density at radius 2 is 2.11 bits per heavy atom. The Hall–Kier alpha value is -1.05. The van der Waals surface area contributed by atoms with Crippen molar-refractivity contribution in [3.05, 3.63) is 24.1 Å². The zero-order valence-corrected chi connectivity index (χ0v) is 11.2. The van der Waals surface area contributed by atoms with Gasteiger partial charge in [0.2, 0.25) is 5.03 Å². The molecule has 5 nitrogen and oxygen atoms in total. The van der Waals surface area contributed by atoms with Crippen molar-refractivity contribution in [2.45, 2.75) is 23.9 Å². The first kappa shape index (κ1) is 13.0. The van der Waals surface area contributed by atoms with Crippen LogP contribution in [0.5, 0.6) is 0 Å². The molecule has 3 saturated heterocycles. The molecule has 3 fully saturated rings. The molecule has 1 unspecified atom stereocenters. The molecular formula is C12H16FN3O2S. The number of hydrogen-bond acceptors (Lipinski definition) is 4. The minimum Gasteiger partial charge on any atom is -0.302 e.